The van der Waals surface area contributed by atoms with Gasteiger partial charge >= 0.3 is 0 Å². The Bertz CT molecular complexity index is 621. The first kappa shape index (κ1) is 14.1. The average molecular weight is 269 g/mol. The predicted octanol–water partition coefficient (Wildman–Crippen LogP) is 3.43. The molecule has 0 fully saturated rings. The molecule has 0 aliphatic carbocycles. The van der Waals surface area contributed by atoms with Crippen LogP contribution in [0.4, 0.5) is 5.82 Å². The van der Waals surface area contributed by atoms with Crippen LogP contribution in [0.5, 0.6) is 0 Å². The number of nitrogen functional groups attached to an aromatic ring is 1. The van der Waals surface area contributed by atoms with Gasteiger partial charge in [0.25, 0.3) is 0 Å². The second-order valence-electron chi connectivity index (χ2n) is 4.55. The summed E-state index contributed by atoms with van der Waals surface area (Å²) in [6.45, 7) is 6.50. The number of aryl methyl sites for hydroxylation is 1. The molecule has 0 aliphatic rings. The lowest BCUT2D eigenvalue weighted by molar-refractivity contribution is 0.270. The molecule has 0 saturated heterocycles. The standard InChI is InChI=1S/C16H19N3O/c1-4-20-10-11(2)14-9-15(12(3)19-16(14)17)13-5-7-18-8-6-13/h5-10H,4H2,1-3H3,(H2,17,19)/b11-10+. The first-order chi connectivity index (χ1) is 9.63. The summed E-state index contributed by atoms with van der Waals surface area (Å²) in [4.78, 5) is 8.48. The van der Waals surface area contributed by atoms with Crippen LogP contribution in [0.15, 0.2) is 36.9 Å². The maximum absolute atomic E-state index is 6.02. The molecule has 0 amide bonds. The van der Waals surface area contributed by atoms with Crippen molar-refractivity contribution in [3.05, 3.63) is 48.1 Å². The number of pyridine rings is 2. The molecule has 104 valence electrons. The van der Waals surface area contributed by atoms with E-state index in [0.717, 1.165) is 28.0 Å². The van der Waals surface area contributed by atoms with E-state index < -0.39 is 0 Å². The zero-order valence-electron chi connectivity index (χ0n) is 12.1. The van der Waals surface area contributed by atoms with Crippen LogP contribution in [0.3, 0.4) is 0 Å². The SMILES string of the molecule is CCO/C=C(\C)c1cc(-c2ccncc2)c(C)nc1N. The number of aromatic nitrogens is 2. The summed E-state index contributed by atoms with van der Waals surface area (Å²) in [7, 11) is 0. The first-order valence-corrected chi connectivity index (χ1v) is 6.59. The second-order valence-corrected chi connectivity index (χ2v) is 4.55. The third kappa shape index (κ3) is 2.96. The van der Waals surface area contributed by atoms with E-state index in [2.05, 4.69) is 16.0 Å². The van der Waals surface area contributed by atoms with Crippen molar-refractivity contribution in [2.45, 2.75) is 20.8 Å². The van der Waals surface area contributed by atoms with E-state index in [1.54, 1.807) is 18.7 Å². The Morgan fingerprint density at radius 2 is 2.05 bits per heavy atom. The topological polar surface area (TPSA) is 61.0 Å². The fourth-order valence-corrected chi connectivity index (χ4v) is 2.04. The molecule has 0 unspecified atom stereocenters. The van der Waals surface area contributed by atoms with Gasteiger partial charge in [-0.2, -0.15) is 0 Å². The van der Waals surface area contributed by atoms with E-state index in [1.807, 2.05) is 32.9 Å². The Kier molecular flexibility index (Phi) is 4.35. The van der Waals surface area contributed by atoms with Crippen LogP contribution < -0.4 is 5.73 Å². The molecule has 2 N–H and O–H groups in total. The molecule has 0 aliphatic heterocycles. The molecule has 2 aromatic rings. The van der Waals surface area contributed by atoms with Gasteiger partial charge in [-0.25, -0.2) is 4.98 Å². The molecule has 20 heavy (non-hydrogen) atoms. The normalized spacial score (nSPS) is 11.4. The highest BCUT2D eigenvalue weighted by Gasteiger charge is 2.10. The third-order valence-corrected chi connectivity index (χ3v) is 3.09. The highest BCUT2D eigenvalue weighted by Crippen LogP contribution is 2.28. The fraction of sp³-hybridized carbons (Fsp3) is 0.250. The van der Waals surface area contributed by atoms with Gasteiger partial charge in [-0.15, -0.1) is 0 Å². The van der Waals surface area contributed by atoms with Gasteiger partial charge in [0.05, 0.1) is 12.9 Å². The average Bonchev–Trinajstić information content (AvgIpc) is 2.46. The van der Waals surface area contributed by atoms with Crippen LogP contribution >= 0.6 is 0 Å². The zero-order chi connectivity index (χ0) is 14.5. The Morgan fingerprint density at radius 1 is 1.35 bits per heavy atom. The van der Waals surface area contributed by atoms with E-state index in [-0.39, 0.29) is 0 Å². The van der Waals surface area contributed by atoms with Crippen LogP contribution in [0, 0.1) is 6.92 Å². The fourth-order valence-electron chi connectivity index (χ4n) is 2.04. The number of rotatable bonds is 4. The van der Waals surface area contributed by atoms with E-state index in [1.165, 1.54) is 0 Å². The van der Waals surface area contributed by atoms with Crippen molar-refractivity contribution in [3.63, 3.8) is 0 Å². The second kappa shape index (κ2) is 6.19. The van der Waals surface area contributed by atoms with E-state index in [4.69, 9.17) is 10.5 Å². The van der Waals surface area contributed by atoms with Crippen LogP contribution in [0.1, 0.15) is 25.1 Å². The van der Waals surface area contributed by atoms with Crippen molar-refractivity contribution in [2.75, 3.05) is 12.3 Å². The summed E-state index contributed by atoms with van der Waals surface area (Å²) in [6, 6.07) is 5.98. The maximum Gasteiger partial charge on any atom is 0.131 e. The lowest BCUT2D eigenvalue weighted by atomic mass is 10.0. The lowest BCUT2D eigenvalue weighted by Gasteiger charge is -2.11. The maximum atomic E-state index is 6.02. The molecule has 0 aromatic carbocycles. The molecule has 0 spiro atoms. The smallest absolute Gasteiger partial charge is 0.131 e. The van der Waals surface area contributed by atoms with Crippen molar-refractivity contribution in [1.29, 1.82) is 0 Å². The molecule has 0 radical (unpaired) electrons. The van der Waals surface area contributed by atoms with Crippen molar-refractivity contribution in [2.24, 2.45) is 0 Å². The minimum absolute atomic E-state index is 0.522. The van der Waals surface area contributed by atoms with E-state index >= 15 is 0 Å². The summed E-state index contributed by atoms with van der Waals surface area (Å²) in [5.74, 6) is 0.522. The number of hydrogen-bond donors (Lipinski definition) is 1. The van der Waals surface area contributed by atoms with E-state index in [0.29, 0.717) is 12.4 Å². The third-order valence-electron chi connectivity index (χ3n) is 3.09. The minimum atomic E-state index is 0.522. The van der Waals surface area contributed by atoms with Gasteiger partial charge in [0.15, 0.2) is 0 Å². The Labute approximate surface area is 119 Å². The monoisotopic (exact) mass is 269 g/mol. The van der Waals surface area contributed by atoms with Gasteiger partial charge in [-0.3, -0.25) is 4.98 Å². The molecule has 2 heterocycles. The van der Waals surface area contributed by atoms with Crippen molar-refractivity contribution < 1.29 is 4.74 Å². The molecular formula is C16H19N3O. The number of anilines is 1. The zero-order valence-corrected chi connectivity index (χ0v) is 12.1. The highest BCUT2D eigenvalue weighted by atomic mass is 16.5. The number of hydrogen-bond acceptors (Lipinski definition) is 4. The number of nitrogens with zero attached hydrogens (tertiary/aromatic N) is 2. The van der Waals surface area contributed by atoms with Gasteiger partial charge in [0.2, 0.25) is 0 Å². The number of ether oxygens (including phenoxy) is 1. The van der Waals surface area contributed by atoms with Gasteiger partial charge in [-0.05, 0) is 50.1 Å². The first-order valence-electron chi connectivity index (χ1n) is 6.59. The van der Waals surface area contributed by atoms with Crippen LogP contribution in [0.2, 0.25) is 0 Å². The minimum Gasteiger partial charge on any atom is -0.501 e. The van der Waals surface area contributed by atoms with Gasteiger partial charge in [0, 0.05) is 29.2 Å². The summed E-state index contributed by atoms with van der Waals surface area (Å²) < 4.78 is 5.33. The van der Waals surface area contributed by atoms with Gasteiger partial charge in [-0.1, -0.05) is 0 Å². The summed E-state index contributed by atoms with van der Waals surface area (Å²) >= 11 is 0. The molecule has 4 nitrogen and oxygen atoms in total. The van der Waals surface area contributed by atoms with Gasteiger partial charge < -0.3 is 10.5 Å². The summed E-state index contributed by atoms with van der Waals surface area (Å²) in [5.41, 5.74) is 10.9. The molecule has 0 bridgehead atoms. The summed E-state index contributed by atoms with van der Waals surface area (Å²) in [6.07, 6.45) is 5.26. The molecule has 2 aromatic heterocycles. The molecule has 0 saturated carbocycles. The number of nitrogens with two attached hydrogens (primary N) is 1. The van der Waals surface area contributed by atoms with Crippen LogP contribution in [-0.4, -0.2) is 16.6 Å². The Morgan fingerprint density at radius 3 is 2.70 bits per heavy atom. The van der Waals surface area contributed by atoms with Gasteiger partial charge in [0.1, 0.15) is 5.82 Å². The Hall–Kier alpha value is -2.36. The number of allylic oxidation sites excluding steroid dienone is 1. The molecular weight excluding hydrogens is 250 g/mol. The molecule has 4 heteroatoms. The largest absolute Gasteiger partial charge is 0.501 e. The summed E-state index contributed by atoms with van der Waals surface area (Å²) in [5, 5.41) is 0. The van der Waals surface area contributed by atoms with Crippen LogP contribution in [-0.2, 0) is 4.74 Å². The van der Waals surface area contributed by atoms with Crippen molar-refractivity contribution in [1.82, 2.24) is 9.97 Å². The predicted molar refractivity (Wildman–Crippen MR) is 81.9 cm³/mol. The lowest BCUT2D eigenvalue weighted by Crippen LogP contribution is -2.00. The molecule has 2 rings (SSSR count). The van der Waals surface area contributed by atoms with Crippen LogP contribution in [0.25, 0.3) is 16.7 Å². The highest BCUT2D eigenvalue weighted by molar-refractivity contribution is 5.77. The Balaban J connectivity index is 2.50. The van der Waals surface area contributed by atoms with Crippen molar-refractivity contribution >= 4 is 11.4 Å². The quantitative estimate of drug-likeness (QED) is 0.864. The van der Waals surface area contributed by atoms with Crippen molar-refractivity contribution in [3.8, 4) is 11.1 Å². The molecule has 0 atom stereocenters. The van der Waals surface area contributed by atoms with E-state index in [9.17, 15) is 0 Å².